The van der Waals surface area contributed by atoms with Crippen molar-refractivity contribution in [1.82, 2.24) is 25.1 Å². The number of nitrogens with zero attached hydrogens (tertiary/aromatic N) is 4. The summed E-state index contributed by atoms with van der Waals surface area (Å²) in [6.45, 7) is 3.32. The molecule has 3 aromatic rings. The normalized spacial score (nSPS) is 22.1. The number of benzene rings is 1. The van der Waals surface area contributed by atoms with E-state index >= 15 is 0 Å². The SMILES string of the molecule is CCOc1ccc(Oc2ncnc3c2cnn3C2CCNC(C3CCCC3)C2)c(F)c1. The molecule has 2 aromatic heterocycles. The van der Waals surface area contributed by atoms with Gasteiger partial charge in [-0.1, -0.05) is 12.8 Å². The molecule has 0 spiro atoms. The highest BCUT2D eigenvalue weighted by atomic mass is 19.1. The fourth-order valence-electron chi connectivity index (χ4n) is 4.99. The molecule has 1 saturated heterocycles. The fourth-order valence-corrected chi connectivity index (χ4v) is 4.99. The van der Waals surface area contributed by atoms with Gasteiger partial charge in [-0.2, -0.15) is 5.10 Å². The number of halogens is 1. The van der Waals surface area contributed by atoms with Gasteiger partial charge in [-0.05, 0) is 57.2 Å². The molecule has 1 saturated carbocycles. The molecule has 2 fully saturated rings. The van der Waals surface area contributed by atoms with Gasteiger partial charge in [0.05, 0.1) is 18.8 Å². The number of hydrogen-bond donors (Lipinski definition) is 1. The van der Waals surface area contributed by atoms with Crippen molar-refractivity contribution in [3.63, 3.8) is 0 Å². The molecular formula is C23H28FN5O2. The summed E-state index contributed by atoms with van der Waals surface area (Å²) in [6, 6.07) is 5.38. The monoisotopic (exact) mass is 425 g/mol. The van der Waals surface area contributed by atoms with Crippen LogP contribution in [0.3, 0.4) is 0 Å². The molecule has 2 atom stereocenters. The van der Waals surface area contributed by atoms with Crippen LogP contribution in [0.15, 0.2) is 30.7 Å². The zero-order chi connectivity index (χ0) is 21.2. The highest BCUT2D eigenvalue weighted by molar-refractivity contribution is 5.80. The molecule has 7 nitrogen and oxygen atoms in total. The van der Waals surface area contributed by atoms with E-state index in [1.165, 1.54) is 38.1 Å². The van der Waals surface area contributed by atoms with Gasteiger partial charge >= 0.3 is 0 Å². The summed E-state index contributed by atoms with van der Waals surface area (Å²) in [5, 5.41) is 9.04. The summed E-state index contributed by atoms with van der Waals surface area (Å²) < 4.78 is 27.6. The first-order chi connectivity index (χ1) is 15.2. The molecule has 164 valence electrons. The second-order valence-corrected chi connectivity index (χ2v) is 8.42. The minimum atomic E-state index is -0.497. The standard InChI is InChI=1S/C23H28FN5O2/c1-2-30-17-7-8-21(19(24)12-17)31-23-18-13-28-29(22(18)26-14-27-23)16-9-10-25-20(11-16)15-5-3-4-6-15/h7-8,12-16,20,25H,2-6,9-11H2,1H3. The third-order valence-corrected chi connectivity index (χ3v) is 6.50. The summed E-state index contributed by atoms with van der Waals surface area (Å²) in [4.78, 5) is 8.72. The molecule has 1 aliphatic carbocycles. The predicted molar refractivity (Wildman–Crippen MR) is 115 cm³/mol. The molecule has 31 heavy (non-hydrogen) atoms. The van der Waals surface area contributed by atoms with E-state index in [4.69, 9.17) is 9.47 Å². The largest absolute Gasteiger partial charge is 0.494 e. The zero-order valence-electron chi connectivity index (χ0n) is 17.8. The van der Waals surface area contributed by atoms with Crippen LogP contribution in [0.25, 0.3) is 11.0 Å². The smallest absolute Gasteiger partial charge is 0.233 e. The lowest BCUT2D eigenvalue weighted by molar-refractivity contribution is 0.232. The lowest BCUT2D eigenvalue weighted by atomic mass is 9.88. The van der Waals surface area contributed by atoms with Crippen LogP contribution in [-0.4, -0.2) is 38.9 Å². The van der Waals surface area contributed by atoms with E-state index in [0.717, 1.165) is 31.0 Å². The molecular weight excluding hydrogens is 397 g/mol. The maximum absolute atomic E-state index is 14.5. The zero-order valence-corrected chi connectivity index (χ0v) is 17.8. The van der Waals surface area contributed by atoms with Crippen molar-refractivity contribution in [1.29, 1.82) is 0 Å². The average molecular weight is 426 g/mol. The summed E-state index contributed by atoms with van der Waals surface area (Å²) in [6.07, 6.45) is 10.6. The van der Waals surface area contributed by atoms with Crippen molar-refractivity contribution in [3.05, 3.63) is 36.5 Å². The Morgan fingerprint density at radius 2 is 2.06 bits per heavy atom. The maximum atomic E-state index is 14.5. The predicted octanol–water partition coefficient (Wildman–Crippen LogP) is 4.64. The van der Waals surface area contributed by atoms with Crippen LogP contribution in [0.2, 0.25) is 0 Å². The van der Waals surface area contributed by atoms with E-state index in [9.17, 15) is 4.39 Å². The highest BCUT2D eigenvalue weighted by Gasteiger charge is 2.32. The van der Waals surface area contributed by atoms with Crippen LogP contribution in [0, 0.1) is 11.7 Å². The third kappa shape index (κ3) is 4.08. The molecule has 1 aromatic carbocycles. The van der Waals surface area contributed by atoms with Crippen LogP contribution in [0.1, 0.15) is 51.5 Å². The maximum Gasteiger partial charge on any atom is 0.233 e. The Morgan fingerprint density at radius 3 is 2.87 bits per heavy atom. The molecule has 0 bridgehead atoms. The summed E-state index contributed by atoms with van der Waals surface area (Å²) >= 11 is 0. The van der Waals surface area contributed by atoms with E-state index in [2.05, 4.69) is 20.4 Å². The molecule has 0 amide bonds. The van der Waals surface area contributed by atoms with Crippen molar-refractivity contribution < 1.29 is 13.9 Å². The van der Waals surface area contributed by atoms with Crippen molar-refractivity contribution in [2.45, 2.75) is 57.5 Å². The lowest BCUT2D eigenvalue weighted by Gasteiger charge is -2.34. The first-order valence-electron chi connectivity index (χ1n) is 11.2. The second-order valence-electron chi connectivity index (χ2n) is 8.42. The average Bonchev–Trinajstić information content (AvgIpc) is 3.47. The van der Waals surface area contributed by atoms with E-state index in [-0.39, 0.29) is 11.8 Å². The van der Waals surface area contributed by atoms with Crippen molar-refractivity contribution in [2.75, 3.05) is 13.2 Å². The Bertz CT molecular complexity index is 1050. The lowest BCUT2D eigenvalue weighted by Crippen LogP contribution is -2.43. The molecule has 1 N–H and O–H groups in total. The Labute approximate surface area is 181 Å². The molecule has 0 radical (unpaired) electrons. The minimum Gasteiger partial charge on any atom is -0.494 e. The summed E-state index contributed by atoms with van der Waals surface area (Å²) in [7, 11) is 0. The number of ether oxygens (including phenoxy) is 2. The first-order valence-corrected chi connectivity index (χ1v) is 11.2. The van der Waals surface area contributed by atoms with E-state index in [0.29, 0.717) is 29.7 Å². The van der Waals surface area contributed by atoms with E-state index in [1.807, 2.05) is 11.6 Å². The van der Waals surface area contributed by atoms with E-state index in [1.54, 1.807) is 18.3 Å². The highest BCUT2D eigenvalue weighted by Crippen LogP contribution is 2.36. The van der Waals surface area contributed by atoms with Crippen LogP contribution in [0.5, 0.6) is 17.4 Å². The van der Waals surface area contributed by atoms with Gasteiger partial charge < -0.3 is 14.8 Å². The van der Waals surface area contributed by atoms with Crippen LogP contribution < -0.4 is 14.8 Å². The quantitative estimate of drug-likeness (QED) is 0.620. The van der Waals surface area contributed by atoms with E-state index < -0.39 is 5.82 Å². The van der Waals surface area contributed by atoms with Crippen LogP contribution in [0.4, 0.5) is 4.39 Å². The topological polar surface area (TPSA) is 74.1 Å². The number of rotatable bonds is 6. The van der Waals surface area contributed by atoms with Crippen LogP contribution in [-0.2, 0) is 0 Å². The molecule has 2 aliphatic rings. The molecule has 1 aliphatic heterocycles. The van der Waals surface area contributed by atoms with Gasteiger partial charge in [0.25, 0.3) is 0 Å². The second kappa shape index (κ2) is 8.78. The van der Waals surface area contributed by atoms with Gasteiger partial charge in [-0.3, -0.25) is 0 Å². The number of nitrogens with one attached hydrogen (secondary N) is 1. The molecule has 3 heterocycles. The number of piperidine rings is 1. The fraction of sp³-hybridized carbons (Fsp3) is 0.522. The Hall–Kier alpha value is -2.74. The van der Waals surface area contributed by atoms with Gasteiger partial charge in [-0.25, -0.2) is 19.0 Å². The van der Waals surface area contributed by atoms with Crippen molar-refractivity contribution in [2.24, 2.45) is 5.92 Å². The van der Waals surface area contributed by atoms with Gasteiger partial charge in [-0.15, -0.1) is 0 Å². The van der Waals surface area contributed by atoms with Crippen molar-refractivity contribution >= 4 is 11.0 Å². The third-order valence-electron chi connectivity index (χ3n) is 6.50. The molecule has 5 rings (SSSR count). The van der Waals surface area contributed by atoms with Gasteiger partial charge in [0.2, 0.25) is 5.88 Å². The molecule has 8 heteroatoms. The minimum absolute atomic E-state index is 0.0966. The van der Waals surface area contributed by atoms with Crippen molar-refractivity contribution in [3.8, 4) is 17.4 Å². The van der Waals surface area contributed by atoms with Gasteiger partial charge in [0.1, 0.15) is 17.5 Å². The summed E-state index contributed by atoms with van der Waals surface area (Å²) in [5.74, 6) is 1.14. The Morgan fingerprint density at radius 1 is 1.19 bits per heavy atom. The Kier molecular flexibility index (Phi) is 5.72. The number of fused-ring (bicyclic) bond motifs is 1. The van der Waals surface area contributed by atoms with Gasteiger partial charge in [0, 0.05) is 12.1 Å². The van der Waals surface area contributed by atoms with Crippen LogP contribution >= 0.6 is 0 Å². The summed E-state index contributed by atoms with van der Waals surface area (Å²) in [5.41, 5.74) is 0.730. The van der Waals surface area contributed by atoms with Gasteiger partial charge in [0.15, 0.2) is 17.2 Å². The first kappa shape index (κ1) is 20.2. The molecule has 2 unspecified atom stereocenters. The number of hydrogen-bond acceptors (Lipinski definition) is 6. The Balaban J connectivity index is 1.39. The number of aromatic nitrogens is 4.